The van der Waals surface area contributed by atoms with Crippen LogP contribution in [0.5, 0.6) is 0 Å². The van der Waals surface area contributed by atoms with Gasteiger partial charge in [-0.25, -0.2) is 0 Å². The fourth-order valence-corrected chi connectivity index (χ4v) is 2.15. The van der Waals surface area contributed by atoms with Gasteiger partial charge in [0.2, 0.25) is 0 Å². The van der Waals surface area contributed by atoms with Gasteiger partial charge in [-0.3, -0.25) is 0 Å². The van der Waals surface area contributed by atoms with Gasteiger partial charge in [-0.1, -0.05) is 44.9 Å². The van der Waals surface area contributed by atoms with Crippen molar-refractivity contribution in [1.29, 1.82) is 0 Å². The quantitative estimate of drug-likeness (QED) is 0.416. The van der Waals surface area contributed by atoms with Crippen LogP contribution in [-0.4, -0.2) is 5.25 Å². The fraction of sp³-hybridized carbons (Fsp3) is 1.00. The Morgan fingerprint density at radius 3 is 1.50 bits per heavy atom. The van der Waals surface area contributed by atoms with Gasteiger partial charge in [0.15, 0.2) is 0 Å². The van der Waals surface area contributed by atoms with Crippen LogP contribution in [0.1, 0.15) is 59.2 Å². The van der Waals surface area contributed by atoms with Crippen molar-refractivity contribution in [3.8, 4) is 0 Å². The minimum Gasteiger partial charge on any atom is -1.00 e. The van der Waals surface area contributed by atoms with E-state index < -0.39 is 0 Å². The van der Waals surface area contributed by atoms with Crippen molar-refractivity contribution < 1.29 is 20.3 Å². The molecule has 0 heterocycles. The summed E-state index contributed by atoms with van der Waals surface area (Å²) in [6.45, 7) is 0. The van der Waals surface area contributed by atoms with E-state index in [0.29, 0.717) is 5.25 Å². The molecule has 68 valence electrons. The molecule has 0 nitrogen and oxygen atoms in total. The standard InChI is InChI=1S/C10H20S.Li.H/c11-10-8-6-4-2-1-3-5-7-9-10;;/h10-11H,1-9H2;;/q;+1;-1. The first-order chi connectivity index (χ1) is 5.39. The molecule has 0 aromatic heterocycles. The normalized spacial score (nSPS) is 22.8. The predicted octanol–water partition coefficient (Wildman–Crippen LogP) is 0.926. The summed E-state index contributed by atoms with van der Waals surface area (Å²) in [6, 6.07) is 0. The topological polar surface area (TPSA) is 0 Å². The molecule has 1 rings (SSSR count). The predicted molar refractivity (Wildman–Crippen MR) is 55.4 cm³/mol. The maximum Gasteiger partial charge on any atom is 1.00 e. The van der Waals surface area contributed by atoms with E-state index >= 15 is 0 Å². The maximum atomic E-state index is 4.56. The number of thiol groups is 1. The van der Waals surface area contributed by atoms with E-state index in [1.54, 1.807) is 0 Å². The molecule has 1 fully saturated rings. The molecule has 0 N–H and O–H groups in total. The Bertz CT molecular complexity index is 90.9. The van der Waals surface area contributed by atoms with E-state index in [-0.39, 0.29) is 20.3 Å². The molecule has 0 aliphatic heterocycles. The van der Waals surface area contributed by atoms with Crippen LogP contribution in [0.2, 0.25) is 0 Å². The summed E-state index contributed by atoms with van der Waals surface area (Å²) in [5, 5.41) is 0.702. The zero-order valence-electron chi connectivity index (χ0n) is 9.39. The Balaban J connectivity index is 0. The number of hydrogen-bond donors (Lipinski definition) is 1. The first kappa shape index (κ1) is 12.9. The summed E-state index contributed by atoms with van der Waals surface area (Å²) in [5.41, 5.74) is 0. The molecule has 0 unspecified atom stereocenters. The third-order valence-corrected chi connectivity index (χ3v) is 3.09. The van der Waals surface area contributed by atoms with E-state index in [2.05, 4.69) is 12.6 Å². The van der Waals surface area contributed by atoms with E-state index in [0.717, 1.165) is 0 Å². The Kier molecular flexibility index (Phi) is 9.22. The zero-order chi connectivity index (χ0) is 7.94. The summed E-state index contributed by atoms with van der Waals surface area (Å²) >= 11 is 4.56. The fourth-order valence-electron chi connectivity index (χ4n) is 1.79. The van der Waals surface area contributed by atoms with Gasteiger partial charge in [0, 0.05) is 5.25 Å². The van der Waals surface area contributed by atoms with Gasteiger partial charge in [-0.05, 0) is 12.8 Å². The van der Waals surface area contributed by atoms with Gasteiger partial charge in [-0.2, -0.15) is 12.6 Å². The number of hydrogen-bond acceptors (Lipinski definition) is 1. The van der Waals surface area contributed by atoms with Crippen LogP contribution in [0, 0.1) is 0 Å². The molecule has 0 radical (unpaired) electrons. The van der Waals surface area contributed by atoms with Gasteiger partial charge in [0.1, 0.15) is 0 Å². The first-order valence-electron chi connectivity index (χ1n) is 5.07. The van der Waals surface area contributed by atoms with Crippen molar-refractivity contribution in [3.63, 3.8) is 0 Å². The average molecular weight is 180 g/mol. The molecular formula is C10H21LiS. The molecule has 0 aromatic rings. The third-order valence-electron chi connectivity index (χ3n) is 2.57. The van der Waals surface area contributed by atoms with Crippen LogP contribution in [0.25, 0.3) is 0 Å². The molecule has 1 aliphatic rings. The Hall–Kier alpha value is 0.947. The van der Waals surface area contributed by atoms with E-state index in [4.69, 9.17) is 0 Å². The largest absolute Gasteiger partial charge is 1.00 e. The van der Waals surface area contributed by atoms with E-state index in [1.165, 1.54) is 57.8 Å². The second-order valence-electron chi connectivity index (χ2n) is 3.71. The molecular weight excluding hydrogens is 159 g/mol. The minimum absolute atomic E-state index is 0. The van der Waals surface area contributed by atoms with Gasteiger partial charge < -0.3 is 1.43 Å². The second kappa shape index (κ2) is 8.54. The zero-order valence-corrected chi connectivity index (χ0v) is 9.28. The molecule has 12 heavy (non-hydrogen) atoms. The minimum atomic E-state index is 0. The van der Waals surface area contributed by atoms with Crippen LogP contribution in [-0.2, 0) is 0 Å². The molecule has 0 amide bonds. The molecule has 0 atom stereocenters. The smallest absolute Gasteiger partial charge is 1.00 e. The third kappa shape index (κ3) is 6.46. The Labute approximate surface area is 96.0 Å². The second-order valence-corrected chi connectivity index (χ2v) is 4.44. The monoisotopic (exact) mass is 180 g/mol. The summed E-state index contributed by atoms with van der Waals surface area (Å²) in [5.74, 6) is 0. The van der Waals surface area contributed by atoms with E-state index in [1.807, 2.05) is 0 Å². The van der Waals surface area contributed by atoms with Crippen LogP contribution in [0.4, 0.5) is 0 Å². The van der Waals surface area contributed by atoms with Gasteiger partial charge in [0.25, 0.3) is 0 Å². The molecule has 0 aromatic carbocycles. The van der Waals surface area contributed by atoms with Crippen molar-refractivity contribution in [1.82, 2.24) is 0 Å². The molecule has 2 heteroatoms. The summed E-state index contributed by atoms with van der Waals surface area (Å²) < 4.78 is 0. The SMILES string of the molecule is SC1CCCCCCCCC1.[H-].[Li+]. The Morgan fingerprint density at radius 1 is 0.750 bits per heavy atom. The summed E-state index contributed by atoms with van der Waals surface area (Å²) in [6.07, 6.45) is 12.8. The summed E-state index contributed by atoms with van der Waals surface area (Å²) in [4.78, 5) is 0. The Morgan fingerprint density at radius 2 is 1.08 bits per heavy atom. The van der Waals surface area contributed by atoms with Crippen molar-refractivity contribution >= 4 is 12.6 Å². The van der Waals surface area contributed by atoms with Crippen LogP contribution < -0.4 is 18.9 Å². The van der Waals surface area contributed by atoms with Gasteiger partial charge >= 0.3 is 18.9 Å². The van der Waals surface area contributed by atoms with E-state index in [9.17, 15) is 0 Å². The molecule has 0 saturated heterocycles. The molecule has 0 spiro atoms. The van der Waals surface area contributed by atoms with Crippen molar-refractivity contribution in [3.05, 3.63) is 0 Å². The van der Waals surface area contributed by atoms with Gasteiger partial charge in [0.05, 0.1) is 0 Å². The first-order valence-corrected chi connectivity index (χ1v) is 5.59. The van der Waals surface area contributed by atoms with Gasteiger partial charge in [-0.15, -0.1) is 0 Å². The molecule has 1 saturated carbocycles. The van der Waals surface area contributed by atoms with Crippen LogP contribution in [0.3, 0.4) is 0 Å². The van der Waals surface area contributed by atoms with Crippen molar-refractivity contribution in [2.24, 2.45) is 0 Å². The molecule has 1 aliphatic carbocycles. The maximum absolute atomic E-state index is 4.56. The number of rotatable bonds is 0. The van der Waals surface area contributed by atoms with Crippen LogP contribution in [0.15, 0.2) is 0 Å². The molecule has 0 bridgehead atoms. The summed E-state index contributed by atoms with van der Waals surface area (Å²) in [7, 11) is 0. The van der Waals surface area contributed by atoms with Crippen LogP contribution >= 0.6 is 12.6 Å². The average Bonchev–Trinajstić information content (AvgIpc) is 2.03. The van der Waals surface area contributed by atoms with Crippen molar-refractivity contribution in [2.45, 2.75) is 63.0 Å². The van der Waals surface area contributed by atoms with Crippen molar-refractivity contribution in [2.75, 3.05) is 0 Å².